The van der Waals surface area contributed by atoms with Crippen molar-refractivity contribution in [3.63, 3.8) is 0 Å². The molecule has 0 fully saturated rings. The Hall–Kier alpha value is -0.190. The molecule has 98 valence electrons. The van der Waals surface area contributed by atoms with Crippen LogP contribution in [0.2, 0.25) is 0 Å². The third-order valence-electron chi connectivity index (χ3n) is 2.85. The SMILES string of the molecule is CSCC(C)Cn1c(CCl)nc2cc(Br)ccc21. The molecule has 0 amide bonds. The normalized spacial score (nSPS) is 13.1. The average Bonchev–Trinajstić information content (AvgIpc) is 2.66. The Balaban J connectivity index is 2.40. The van der Waals surface area contributed by atoms with E-state index in [0.717, 1.165) is 28.1 Å². The van der Waals surface area contributed by atoms with E-state index in [1.54, 1.807) is 0 Å². The van der Waals surface area contributed by atoms with Crippen molar-refractivity contribution in [1.82, 2.24) is 9.55 Å². The maximum Gasteiger partial charge on any atom is 0.124 e. The lowest BCUT2D eigenvalue weighted by atomic mass is 10.2. The van der Waals surface area contributed by atoms with Crippen LogP contribution in [-0.2, 0) is 12.4 Å². The van der Waals surface area contributed by atoms with E-state index in [1.807, 2.05) is 17.8 Å². The molecule has 0 aliphatic rings. The lowest BCUT2D eigenvalue weighted by Crippen LogP contribution is -2.12. The molecule has 0 saturated heterocycles. The van der Waals surface area contributed by atoms with Crippen LogP contribution >= 0.6 is 39.3 Å². The van der Waals surface area contributed by atoms with Crippen LogP contribution in [0, 0.1) is 5.92 Å². The second kappa shape index (κ2) is 6.31. The predicted molar refractivity (Wildman–Crippen MR) is 84.5 cm³/mol. The molecule has 0 aliphatic heterocycles. The van der Waals surface area contributed by atoms with E-state index in [4.69, 9.17) is 11.6 Å². The summed E-state index contributed by atoms with van der Waals surface area (Å²) >= 11 is 11.4. The molecule has 0 radical (unpaired) electrons. The van der Waals surface area contributed by atoms with Gasteiger partial charge in [0.1, 0.15) is 5.82 Å². The fourth-order valence-corrected chi connectivity index (χ4v) is 3.33. The van der Waals surface area contributed by atoms with E-state index in [9.17, 15) is 0 Å². The predicted octanol–water partition coefficient (Wildman–Crippen LogP) is 4.54. The summed E-state index contributed by atoms with van der Waals surface area (Å²) in [5.74, 6) is 3.18. The maximum atomic E-state index is 6.00. The Morgan fingerprint density at radius 1 is 1.50 bits per heavy atom. The molecule has 1 unspecified atom stereocenters. The van der Waals surface area contributed by atoms with Crippen molar-refractivity contribution < 1.29 is 0 Å². The van der Waals surface area contributed by atoms with E-state index in [1.165, 1.54) is 5.52 Å². The van der Waals surface area contributed by atoms with Gasteiger partial charge in [0.15, 0.2) is 0 Å². The molecule has 1 atom stereocenters. The van der Waals surface area contributed by atoms with E-state index in [0.29, 0.717) is 11.8 Å². The van der Waals surface area contributed by atoms with Gasteiger partial charge in [0.25, 0.3) is 0 Å². The molecular weight excluding hydrogens is 332 g/mol. The van der Waals surface area contributed by atoms with Gasteiger partial charge in [-0.15, -0.1) is 11.6 Å². The van der Waals surface area contributed by atoms with Gasteiger partial charge in [0, 0.05) is 11.0 Å². The minimum atomic E-state index is 0.457. The van der Waals surface area contributed by atoms with Gasteiger partial charge >= 0.3 is 0 Å². The number of hydrogen-bond donors (Lipinski definition) is 0. The molecule has 1 heterocycles. The fraction of sp³-hybridized carbons (Fsp3) is 0.462. The van der Waals surface area contributed by atoms with Gasteiger partial charge in [0.05, 0.1) is 16.9 Å². The van der Waals surface area contributed by atoms with Gasteiger partial charge in [-0.05, 0) is 36.1 Å². The summed E-state index contributed by atoms with van der Waals surface area (Å²) in [6, 6.07) is 6.20. The molecule has 0 spiro atoms. The first-order valence-corrected chi connectivity index (χ1v) is 8.57. The Morgan fingerprint density at radius 2 is 2.28 bits per heavy atom. The lowest BCUT2D eigenvalue weighted by molar-refractivity contribution is 0.530. The summed E-state index contributed by atoms with van der Waals surface area (Å²) < 4.78 is 3.30. The molecule has 5 heteroatoms. The first-order valence-electron chi connectivity index (χ1n) is 5.85. The van der Waals surface area contributed by atoms with Crippen LogP contribution in [0.3, 0.4) is 0 Å². The summed E-state index contributed by atoms with van der Waals surface area (Å²) in [6.07, 6.45) is 2.14. The van der Waals surface area contributed by atoms with Gasteiger partial charge in [-0.1, -0.05) is 22.9 Å². The van der Waals surface area contributed by atoms with Crippen LogP contribution in [0.1, 0.15) is 12.7 Å². The number of hydrogen-bond acceptors (Lipinski definition) is 2. The molecule has 2 nitrogen and oxygen atoms in total. The smallest absolute Gasteiger partial charge is 0.124 e. The van der Waals surface area contributed by atoms with Gasteiger partial charge in [-0.25, -0.2) is 4.98 Å². The average molecular weight is 348 g/mol. The highest BCUT2D eigenvalue weighted by Gasteiger charge is 2.12. The van der Waals surface area contributed by atoms with E-state index >= 15 is 0 Å². The second-order valence-electron chi connectivity index (χ2n) is 4.47. The van der Waals surface area contributed by atoms with Crippen LogP contribution < -0.4 is 0 Å². The second-order valence-corrected chi connectivity index (χ2v) is 6.56. The lowest BCUT2D eigenvalue weighted by Gasteiger charge is -2.13. The largest absolute Gasteiger partial charge is 0.327 e. The molecule has 1 aromatic heterocycles. The molecule has 2 aromatic rings. The van der Waals surface area contributed by atoms with Crippen LogP contribution in [0.25, 0.3) is 11.0 Å². The summed E-state index contributed by atoms with van der Waals surface area (Å²) in [6.45, 7) is 3.24. The van der Waals surface area contributed by atoms with Crippen molar-refractivity contribution in [3.05, 3.63) is 28.5 Å². The Bertz CT molecular complexity index is 541. The fourth-order valence-electron chi connectivity index (χ4n) is 2.11. The zero-order chi connectivity index (χ0) is 13.1. The van der Waals surface area contributed by atoms with Crippen LogP contribution in [0.5, 0.6) is 0 Å². The standard InChI is InChI=1S/C13H16BrClN2S/c1-9(8-18-2)7-17-12-4-3-10(14)5-11(12)16-13(17)6-15/h3-5,9H,6-8H2,1-2H3. The third-order valence-corrected chi connectivity index (χ3v) is 4.49. The van der Waals surface area contributed by atoms with Crippen LogP contribution in [0.15, 0.2) is 22.7 Å². The van der Waals surface area contributed by atoms with E-state index < -0.39 is 0 Å². The molecule has 1 aromatic carbocycles. The zero-order valence-corrected chi connectivity index (χ0v) is 13.6. The van der Waals surface area contributed by atoms with Crippen molar-refractivity contribution in [2.75, 3.05) is 12.0 Å². The van der Waals surface area contributed by atoms with Gasteiger partial charge in [0.2, 0.25) is 0 Å². The third kappa shape index (κ3) is 3.03. The minimum absolute atomic E-state index is 0.457. The first kappa shape index (κ1) is 14.2. The number of benzene rings is 1. The summed E-state index contributed by atoms with van der Waals surface area (Å²) in [7, 11) is 0. The quantitative estimate of drug-likeness (QED) is 0.739. The number of alkyl halides is 1. The van der Waals surface area contributed by atoms with Crippen molar-refractivity contribution >= 4 is 50.3 Å². The van der Waals surface area contributed by atoms with Crippen molar-refractivity contribution in [1.29, 1.82) is 0 Å². The number of rotatable bonds is 5. The zero-order valence-electron chi connectivity index (χ0n) is 10.5. The first-order chi connectivity index (χ1) is 8.65. The highest BCUT2D eigenvalue weighted by Crippen LogP contribution is 2.23. The summed E-state index contributed by atoms with van der Waals surface area (Å²) in [4.78, 5) is 4.60. The van der Waals surface area contributed by atoms with Crippen LogP contribution in [-0.4, -0.2) is 21.6 Å². The summed E-state index contributed by atoms with van der Waals surface area (Å²) in [5, 5.41) is 0. The minimum Gasteiger partial charge on any atom is -0.327 e. The summed E-state index contributed by atoms with van der Waals surface area (Å²) in [5.41, 5.74) is 2.18. The number of fused-ring (bicyclic) bond motifs is 1. The van der Waals surface area contributed by atoms with E-state index in [2.05, 4.69) is 50.8 Å². The van der Waals surface area contributed by atoms with Gasteiger partial charge in [-0.3, -0.25) is 0 Å². The molecular formula is C13H16BrClN2S. The molecule has 18 heavy (non-hydrogen) atoms. The molecule has 2 rings (SSSR count). The van der Waals surface area contributed by atoms with Crippen molar-refractivity contribution in [2.24, 2.45) is 5.92 Å². The molecule has 0 saturated carbocycles. The monoisotopic (exact) mass is 346 g/mol. The Labute approximate surface area is 125 Å². The topological polar surface area (TPSA) is 17.8 Å². The highest BCUT2D eigenvalue weighted by atomic mass is 79.9. The molecule has 0 bridgehead atoms. The number of thioether (sulfide) groups is 1. The molecule has 0 N–H and O–H groups in total. The molecule has 0 aliphatic carbocycles. The van der Waals surface area contributed by atoms with Crippen molar-refractivity contribution in [3.8, 4) is 0 Å². The van der Waals surface area contributed by atoms with Crippen LogP contribution in [0.4, 0.5) is 0 Å². The highest BCUT2D eigenvalue weighted by molar-refractivity contribution is 9.10. The number of imidazole rings is 1. The number of nitrogens with zero attached hydrogens (tertiary/aromatic N) is 2. The van der Waals surface area contributed by atoms with Gasteiger partial charge in [-0.2, -0.15) is 11.8 Å². The van der Waals surface area contributed by atoms with Gasteiger partial charge < -0.3 is 4.57 Å². The van der Waals surface area contributed by atoms with Crippen molar-refractivity contribution in [2.45, 2.75) is 19.3 Å². The van der Waals surface area contributed by atoms with E-state index in [-0.39, 0.29) is 0 Å². The number of halogens is 2. The maximum absolute atomic E-state index is 6.00. The Morgan fingerprint density at radius 3 is 2.94 bits per heavy atom. The number of aromatic nitrogens is 2. The Kier molecular flexibility index (Phi) is 4.98.